The van der Waals surface area contributed by atoms with Crippen LogP contribution in [0.4, 0.5) is 0 Å². The third kappa shape index (κ3) is 3.70. The number of benzene rings is 1. The highest BCUT2D eigenvalue weighted by Gasteiger charge is 2.24. The molecule has 1 fully saturated rings. The van der Waals surface area contributed by atoms with E-state index in [-0.39, 0.29) is 12.5 Å². The topological polar surface area (TPSA) is 57.2 Å². The fourth-order valence-electron chi connectivity index (χ4n) is 2.36. The zero-order valence-electron chi connectivity index (χ0n) is 11.9. The summed E-state index contributed by atoms with van der Waals surface area (Å²) in [6.07, 6.45) is 0. The summed E-state index contributed by atoms with van der Waals surface area (Å²) in [6, 6.07) is 5.19. The maximum absolute atomic E-state index is 12.0. The first-order chi connectivity index (χ1) is 10.6. The zero-order valence-corrected chi connectivity index (χ0v) is 13.4. The number of morpholine rings is 1. The van der Waals surface area contributed by atoms with Gasteiger partial charge in [0.15, 0.2) is 5.84 Å². The van der Waals surface area contributed by atoms with Gasteiger partial charge in [-0.3, -0.25) is 9.69 Å². The van der Waals surface area contributed by atoms with Crippen LogP contribution < -0.4 is 5.32 Å². The van der Waals surface area contributed by atoms with Gasteiger partial charge in [-0.15, -0.1) is 0 Å². The molecule has 6 nitrogen and oxygen atoms in total. The molecule has 2 heterocycles. The minimum absolute atomic E-state index is 0.0663. The molecule has 1 amide bonds. The number of hydrogen-bond acceptors (Lipinski definition) is 5. The molecule has 8 heteroatoms. The molecular weight excluding hydrogens is 327 g/mol. The Morgan fingerprint density at radius 1 is 1.18 bits per heavy atom. The molecule has 0 aliphatic carbocycles. The van der Waals surface area contributed by atoms with Crippen molar-refractivity contribution in [3.63, 3.8) is 0 Å². The number of ether oxygens (including phenoxy) is 1. The Kier molecular flexibility index (Phi) is 4.83. The van der Waals surface area contributed by atoms with Gasteiger partial charge in [-0.1, -0.05) is 23.2 Å². The van der Waals surface area contributed by atoms with Crippen LogP contribution in [0.1, 0.15) is 5.56 Å². The number of rotatable bonds is 3. The molecule has 1 aromatic rings. The largest absolute Gasteiger partial charge is 0.379 e. The summed E-state index contributed by atoms with van der Waals surface area (Å²) in [6.45, 7) is 3.62. The minimum Gasteiger partial charge on any atom is -0.379 e. The number of nitrogens with zero attached hydrogens (tertiary/aromatic N) is 3. The van der Waals surface area contributed by atoms with Gasteiger partial charge in [0.2, 0.25) is 0 Å². The Labute approximate surface area is 138 Å². The molecule has 0 bridgehead atoms. The third-order valence-corrected chi connectivity index (χ3v) is 3.93. The average Bonchev–Trinajstić information content (AvgIpc) is 2.49. The van der Waals surface area contributed by atoms with Crippen molar-refractivity contribution in [3.05, 3.63) is 33.8 Å². The van der Waals surface area contributed by atoms with Gasteiger partial charge < -0.3 is 10.1 Å². The Bertz CT molecular complexity index is 582. The van der Waals surface area contributed by atoms with Crippen molar-refractivity contribution in [2.75, 3.05) is 39.5 Å². The van der Waals surface area contributed by atoms with Gasteiger partial charge >= 0.3 is 0 Å². The van der Waals surface area contributed by atoms with E-state index in [9.17, 15) is 4.79 Å². The molecule has 0 radical (unpaired) electrons. The Hall–Kier alpha value is -1.34. The third-order valence-electron chi connectivity index (χ3n) is 3.49. The van der Waals surface area contributed by atoms with Gasteiger partial charge in [-0.2, -0.15) is 5.10 Å². The molecule has 0 unspecified atom stereocenters. The maximum Gasteiger partial charge on any atom is 0.263 e. The van der Waals surface area contributed by atoms with E-state index >= 15 is 0 Å². The van der Waals surface area contributed by atoms with Crippen LogP contribution >= 0.6 is 23.2 Å². The molecule has 118 valence electrons. The van der Waals surface area contributed by atoms with Crippen molar-refractivity contribution < 1.29 is 9.53 Å². The number of carbonyl (C=O) groups is 1. The van der Waals surface area contributed by atoms with Gasteiger partial charge in [0.1, 0.15) is 0 Å². The summed E-state index contributed by atoms with van der Waals surface area (Å²) in [4.78, 5) is 14.2. The predicted molar refractivity (Wildman–Crippen MR) is 85.1 cm³/mol. The number of carbonyl (C=O) groups excluding carboxylic acids is 1. The predicted octanol–water partition coefficient (Wildman–Crippen LogP) is 1.38. The molecule has 1 N–H and O–H groups in total. The van der Waals surface area contributed by atoms with Gasteiger partial charge in [-0.25, -0.2) is 5.01 Å². The molecule has 0 atom stereocenters. The molecule has 0 aromatic heterocycles. The first-order valence-corrected chi connectivity index (χ1v) is 7.77. The monoisotopic (exact) mass is 342 g/mol. The number of nitrogens with one attached hydrogen (secondary N) is 1. The fourth-order valence-corrected chi connectivity index (χ4v) is 2.88. The summed E-state index contributed by atoms with van der Waals surface area (Å²) in [7, 11) is 0. The molecule has 1 saturated heterocycles. The normalized spacial score (nSPS) is 19.8. The van der Waals surface area contributed by atoms with Gasteiger partial charge in [0.25, 0.3) is 5.91 Å². The summed E-state index contributed by atoms with van der Waals surface area (Å²) >= 11 is 12.0. The van der Waals surface area contributed by atoms with Crippen molar-refractivity contribution in [2.45, 2.75) is 0 Å². The molecule has 22 heavy (non-hydrogen) atoms. The number of hydrazone groups is 1. The van der Waals surface area contributed by atoms with Crippen LogP contribution in [0.25, 0.3) is 0 Å². The van der Waals surface area contributed by atoms with E-state index in [1.165, 1.54) is 5.01 Å². The Morgan fingerprint density at radius 3 is 2.55 bits per heavy atom. The minimum atomic E-state index is -0.0663. The lowest BCUT2D eigenvalue weighted by Crippen LogP contribution is -2.50. The molecule has 2 aliphatic heterocycles. The van der Waals surface area contributed by atoms with Crippen molar-refractivity contribution in [3.8, 4) is 0 Å². The van der Waals surface area contributed by atoms with Crippen LogP contribution in [0.2, 0.25) is 10.0 Å². The Morgan fingerprint density at radius 2 is 1.86 bits per heavy atom. The summed E-state index contributed by atoms with van der Waals surface area (Å²) in [5.41, 5.74) is 0.761. The molecule has 1 aromatic carbocycles. The average molecular weight is 343 g/mol. The van der Waals surface area contributed by atoms with Crippen molar-refractivity contribution in [1.29, 1.82) is 0 Å². The van der Waals surface area contributed by atoms with E-state index in [0.717, 1.165) is 18.7 Å². The van der Waals surface area contributed by atoms with Crippen LogP contribution in [0.5, 0.6) is 0 Å². The highest BCUT2D eigenvalue weighted by molar-refractivity contribution is 6.35. The lowest BCUT2D eigenvalue weighted by Gasteiger charge is -2.32. The quantitative estimate of drug-likeness (QED) is 0.901. The fraction of sp³-hybridized carbons (Fsp3) is 0.429. The van der Waals surface area contributed by atoms with E-state index in [1.54, 1.807) is 18.2 Å². The van der Waals surface area contributed by atoms with Crippen LogP contribution in [-0.2, 0) is 9.53 Å². The van der Waals surface area contributed by atoms with E-state index in [1.807, 2.05) is 0 Å². The van der Waals surface area contributed by atoms with Gasteiger partial charge in [0, 0.05) is 28.7 Å². The Balaban J connectivity index is 1.79. The highest BCUT2D eigenvalue weighted by Crippen LogP contribution is 2.20. The van der Waals surface area contributed by atoms with E-state index < -0.39 is 0 Å². The number of hydrogen-bond donors (Lipinski definition) is 1. The second kappa shape index (κ2) is 6.83. The summed E-state index contributed by atoms with van der Waals surface area (Å²) in [5, 5.41) is 9.94. The first kappa shape index (κ1) is 15.6. The van der Waals surface area contributed by atoms with E-state index in [4.69, 9.17) is 27.9 Å². The van der Waals surface area contributed by atoms with Crippen molar-refractivity contribution >= 4 is 34.9 Å². The molecule has 2 aliphatic rings. The van der Waals surface area contributed by atoms with Crippen LogP contribution in [0.3, 0.4) is 0 Å². The molecule has 0 spiro atoms. The molecule has 3 rings (SSSR count). The number of halogens is 2. The number of amidine groups is 1. The van der Waals surface area contributed by atoms with Crippen molar-refractivity contribution in [1.82, 2.24) is 15.2 Å². The van der Waals surface area contributed by atoms with Crippen LogP contribution in [0.15, 0.2) is 23.3 Å². The summed E-state index contributed by atoms with van der Waals surface area (Å²) < 4.78 is 5.31. The van der Waals surface area contributed by atoms with Gasteiger partial charge in [-0.05, 0) is 18.2 Å². The number of amides is 1. The second-order valence-corrected chi connectivity index (χ2v) is 6.00. The molecular formula is C14H16Cl2N4O2. The lowest BCUT2D eigenvalue weighted by atomic mass is 10.2. The lowest BCUT2D eigenvalue weighted by molar-refractivity contribution is -0.133. The first-order valence-electron chi connectivity index (χ1n) is 7.01. The van der Waals surface area contributed by atoms with E-state index in [2.05, 4.69) is 15.3 Å². The van der Waals surface area contributed by atoms with Crippen LogP contribution in [0, 0.1) is 0 Å². The van der Waals surface area contributed by atoms with Crippen LogP contribution in [-0.4, -0.2) is 61.2 Å². The second-order valence-electron chi connectivity index (χ2n) is 5.13. The summed E-state index contributed by atoms with van der Waals surface area (Å²) in [5.74, 6) is 0.528. The van der Waals surface area contributed by atoms with E-state index in [0.29, 0.717) is 35.8 Å². The highest BCUT2D eigenvalue weighted by atomic mass is 35.5. The smallest absolute Gasteiger partial charge is 0.263 e. The van der Waals surface area contributed by atoms with Gasteiger partial charge in [0.05, 0.1) is 26.4 Å². The van der Waals surface area contributed by atoms with Crippen molar-refractivity contribution in [2.24, 2.45) is 5.10 Å². The standard InChI is InChI=1S/C14H16Cl2N4O2/c15-11-5-10(6-12(16)7-11)14-17-8-13(21)20(18-14)9-19-1-3-22-4-2-19/h5-7H,1-4,8-9H2,(H,17,18). The molecule has 0 saturated carbocycles. The zero-order chi connectivity index (χ0) is 15.5. The maximum atomic E-state index is 12.0. The SMILES string of the molecule is O=C1CNC(c2cc(Cl)cc(Cl)c2)=NN1CN1CCOCC1.